The molecule has 4 aliphatic rings. The number of carbonyl (C=O) groups is 1. The summed E-state index contributed by atoms with van der Waals surface area (Å²) in [7, 11) is 0. The number of hydrogen-bond acceptors (Lipinski definition) is 2. The second-order valence-electron chi connectivity index (χ2n) is 9.23. The first kappa shape index (κ1) is 15.3. The van der Waals surface area contributed by atoms with Gasteiger partial charge in [0.1, 0.15) is 0 Å². The summed E-state index contributed by atoms with van der Waals surface area (Å²) in [5.41, 5.74) is 0.597. The van der Waals surface area contributed by atoms with Crippen LogP contribution < -0.4 is 0 Å². The Kier molecular flexibility index (Phi) is 3.44. The van der Waals surface area contributed by atoms with Crippen LogP contribution >= 0.6 is 0 Å². The van der Waals surface area contributed by atoms with Gasteiger partial charge in [-0.1, -0.05) is 13.8 Å². The molecule has 0 aromatic carbocycles. The number of rotatable bonds is 4. The van der Waals surface area contributed by atoms with E-state index in [1.165, 1.54) is 19.3 Å². The third-order valence-corrected chi connectivity index (χ3v) is 6.31. The molecule has 4 bridgehead atoms. The predicted octanol–water partition coefficient (Wildman–Crippen LogP) is 3.21. The first-order valence-electron chi connectivity index (χ1n) is 8.63. The van der Waals surface area contributed by atoms with Gasteiger partial charge in [-0.25, -0.2) is 0 Å². The van der Waals surface area contributed by atoms with E-state index in [0.29, 0.717) is 23.3 Å². The molecule has 0 radical (unpaired) electrons. The highest BCUT2D eigenvalue weighted by atomic mass is 16.3. The summed E-state index contributed by atoms with van der Waals surface area (Å²) in [4.78, 5) is 15.3. The van der Waals surface area contributed by atoms with Crippen molar-refractivity contribution in [2.24, 2.45) is 22.2 Å². The van der Waals surface area contributed by atoms with Gasteiger partial charge in [-0.05, 0) is 69.1 Å². The maximum atomic E-state index is 13.3. The lowest BCUT2D eigenvalue weighted by Gasteiger charge is -2.65. The van der Waals surface area contributed by atoms with E-state index in [1.807, 2.05) is 4.90 Å². The maximum absolute atomic E-state index is 13.3. The Labute approximate surface area is 129 Å². The molecule has 1 amide bonds. The Morgan fingerprint density at radius 3 is 2.14 bits per heavy atom. The third-order valence-electron chi connectivity index (χ3n) is 6.31. The lowest BCUT2D eigenvalue weighted by molar-refractivity contribution is -0.181. The molecule has 0 heterocycles. The summed E-state index contributed by atoms with van der Waals surface area (Å²) in [5.74, 6) is 1.07. The first-order valence-corrected chi connectivity index (χ1v) is 8.63. The van der Waals surface area contributed by atoms with Gasteiger partial charge in [0, 0.05) is 12.6 Å². The van der Waals surface area contributed by atoms with Gasteiger partial charge in [-0.3, -0.25) is 4.79 Å². The van der Waals surface area contributed by atoms with Gasteiger partial charge in [-0.2, -0.15) is 0 Å². The summed E-state index contributed by atoms with van der Waals surface area (Å²) >= 11 is 0. The highest BCUT2D eigenvalue weighted by Crippen LogP contribution is 2.69. The molecule has 4 aliphatic carbocycles. The molecule has 0 saturated heterocycles. The lowest BCUT2D eigenvalue weighted by atomic mass is 9.40. The SMILES string of the molecule is CC(C)N(CCO)C(=O)C12CC3CC(C)(CC(C)(C3)C1)C2. The minimum absolute atomic E-state index is 0.0674. The van der Waals surface area contributed by atoms with E-state index in [4.69, 9.17) is 0 Å². The summed E-state index contributed by atoms with van der Waals surface area (Å²) in [6, 6.07) is 0.179. The third kappa shape index (κ3) is 2.42. The van der Waals surface area contributed by atoms with Gasteiger partial charge in [-0.15, -0.1) is 0 Å². The Bertz CT molecular complexity index is 426. The van der Waals surface area contributed by atoms with Crippen LogP contribution in [-0.4, -0.2) is 35.1 Å². The van der Waals surface area contributed by atoms with Crippen molar-refractivity contribution in [3.63, 3.8) is 0 Å². The van der Waals surface area contributed by atoms with Crippen LogP contribution in [0.2, 0.25) is 0 Å². The van der Waals surface area contributed by atoms with Crippen LogP contribution in [0, 0.1) is 22.2 Å². The minimum atomic E-state index is -0.137. The highest BCUT2D eigenvalue weighted by molar-refractivity contribution is 5.83. The second kappa shape index (κ2) is 4.71. The van der Waals surface area contributed by atoms with E-state index < -0.39 is 0 Å². The van der Waals surface area contributed by atoms with Crippen LogP contribution in [0.1, 0.15) is 66.2 Å². The molecule has 0 spiro atoms. The normalized spacial score (nSPS) is 44.4. The fourth-order valence-corrected chi connectivity index (χ4v) is 6.69. The average molecular weight is 293 g/mol. The van der Waals surface area contributed by atoms with Crippen LogP contribution in [0.25, 0.3) is 0 Å². The molecule has 3 nitrogen and oxygen atoms in total. The van der Waals surface area contributed by atoms with Crippen molar-refractivity contribution in [2.75, 3.05) is 13.2 Å². The van der Waals surface area contributed by atoms with Gasteiger partial charge in [0.05, 0.1) is 12.0 Å². The Balaban J connectivity index is 1.92. The van der Waals surface area contributed by atoms with E-state index in [0.717, 1.165) is 25.2 Å². The fourth-order valence-electron chi connectivity index (χ4n) is 6.69. The molecular weight excluding hydrogens is 262 g/mol. The topological polar surface area (TPSA) is 40.5 Å². The maximum Gasteiger partial charge on any atom is 0.229 e. The van der Waals surface area contributed by atoms with Crippen molar-refractivity contribution in [1.82, 2.24) is 4.90 Å². The van der Waals surface area contributed by atoms with Crippen LogP contribution in [0.5, 0.6) is 0 Å². The zero-order chi connectivity index (χ0) is 15.5. The van der Waals surface area contributed by atoms with Crippen LogP contribution in [0.4, 0.5) is 0 Å². The quantitative estimate of drug-likeness (QED) is 0.864. The molecule has 0 aromatic rings. The van der Waals surface area contributed by atoms with E-state index in [2.05, 4.69) is 27.7 Å². The standard InChI is InChI=1S/C18H31NO2/c1-13(2)19(5-6-20)15(21)18-9-14-7-16(3,11-18)10-17(4,8-14)12-18/h13-14,20H,5-12H2,1-4H3. The van der Waals surface area contributed by atoms with Crippen molar-refractivity contribution in [3.05, 3.63) is 0 Å². The van der Waals surface area contributed by atoms with Gasteiger partial charge < -0.3 is 10.0 Å². The van der Waals surface area contributed by atoms with Gasteiger partial charge in [0.2, 0.25) is 5.91 Å². The molecule has 4 fully saturated rings. The lowest BCUT2D eigenvalue weighted by Crippen LogP contribution is -2.61. The largest absolute Gasteiger partial charge is 0.395 e. The van der Waals surface area contributed by atoms with E-state index in [-0.39, 0.29) is 18.1 Å². The van der Waals surface area contributed by atoms with Gasteiger partial charge >= 0.3 is 0 Å². The first-order chi connectivity index (χ1) is 9.71. The number of aliphatic hydroxyl groups excluding tert-OH is 1. The Hall–Kier alpha value is -0.570. The minimum Gasteiger partial charge on any atom is -0.395 e. The van der Waals surface area contributed by atoms with E-state index in [1.54, 1.807) is 0 Å². The number of nitrogens with zero attached hydrogens (tertiary/aromatic N) is 1. The monoisotopic (exact) mass is 293 g/mol. The van der Waals surface area contributed by atoms with Crippen molar-refractivity contribution < 1.29 is 9.90 Å². The Morgan fingerprint density at radius 1 is 1.14 bits per heavy atom. The number of carbonyl (C=O) groups excluding carboxylic acids is 1. The average Bonchev–Trinajstić information content (AvgIpc) is 2.30. The molecule has 2 atom stereocenters. The smallest absolute Gasteiger partial charge is 0.229 e. The molecule has 4 saturated carbocycles. The zero-order valence-corrected chi connectivity index (χ0v) is 14.1. The molecule has 1 N–H and O–H groups in total. The summed E-state index contributed by atoms with van der Waals surface area (Å²) in [5, 5.41) is 9.32. The number of hydrogen-bond donors (Lipinski definition) is 1. The molecule has 2 unspecified atom stereocenters. The second-order valence-corrected chi connectivity index (χ2v) is 9.23. The summed E-state index contributed by atoms with van der Waals surface area (Å²) < 4.78 is 0. The molecule has 21 heavy (non-hydrogen) atoms. The van der Waals surface area contributed by atoms with E-state index in [9.17, 15) is 9.90 Å². The molecular formula is C18H31NO2. The van der Waals surface area contributed by atoms with E-state index >= 15 is 0 Å². The summed E-state index contributed by atoms with van der Waals surface area (Å²) in [6.07, 6.45) is 7.16. The zero-order valence-electron chi connectivity index (χ0n) is 14.1. The number of amides is 1. The predicted molar refractivity (Wildman–Crippen MR) is 83.8 cm³/mol. The molecule has 3 heteroatoms. The number of aliphatic hydroxyl groups is 1. The Morgan fingerprint density at radius 2 is 1.71 bits per heavy atom. The van der Waals surface area contributed by atoms with Crippen LogP contribution in [0.15, 0.2) is 0 Å². The van der Waals surface area contributed by atoms with Crippen molar-refractivity contribution >= 4 is 5.91 Å². The molecule has 0 aromatic heterocycles. The highest BCUT2D eigenvalue weighted by Gasteiger charge is 2.63. The fraction of sp³-hybridized carbons (Fsp3) is 0.944. The summed E-state index contributed by atoms with van der Waals surface area (Å²) in [6.45, 7) is 9.50. The van der Waals surface area contributed by atoms with Crippen LogP contribution in [0.3, 0.4) is 0 Å². The van der Waals surface area contributed by atoms with Crippen LogP contribution in [-0.2, 0) is 4.79 Å². The molecule has 120 valence electrons. The van der Waals surface area contributed by atoms with Gasteiger partial charge in [0.15, 0.2) is 0 Å². The van der Waals surface area contributed by atoms with Crippen molar-refractivity contribution in [1.29, 1.82) is 0 Å². The van der Waals surface area contributed by atoms with Gasteiger partial charge in [0.25, 0.3) is 0 Å². The van der Waals surface area contributed by atoms with Crippen molar-refractivity contribution in [2.45, 2.75) is 72.3 Å². The molecule has 0 aliphatic heterocycles. The molecule has 4 rings (SSSR count). The van der Waals surface area contributed by atoms with Crippen molar-refractivity contribution in [3.8, 4) is 0 Å².